The lowest BCUT2D eigenvalue weighted by atomic mass is 10.1. The molecule has 0 aromatic heterocycles. The van der Waals surface area contributed by atoms with Gasteiger partial charge in [-0.05, 0) is 69.3 Å². The maximum absolute atomic E-state index is 12.4. The van der Waals surface area contributed by atoms with Crippen molar-refractivity contribution in [1.29, 1.82) is 0 Å². The van der Waals surface area contributed by atoms with E-state index < -0.39 is 0 Å². The third-order valence-electron chi connectivity index (χ3n) is 3.44. The van der Waals surface area contributed by atoms with Crippen LogP contribution in [0.1, 0.15) is 36.7 Å². The SMILES string of the molecule is C=C(C)Oc1ccc(C(=O)/C=C/c2ccc(OCC)cc2OCC)cc1. The van der Waals surface area contributed by atoms with Crippen LogP contribution in [0.5, 0.6) is 17.2 Å². The van der Waals surface area contributed by atoms with Crippen molar-refractivity contribution < 1.29 is 19.0 Å². The van der Waals surface area contributed by atoms with Crippen molar-refractivity contribution in [2.24, 2.45) is 0 Å². The maximum atomic E-state index is 12.4. The van der Waals surface area contributed by atoms with Crippen molar-refractivity contribution in [1.82, 2.24) is 0 Å². The lowest BCUT2D eigenvalue weighted by Gasteiger charge is -2.10. The summed E-state index contributed by atoms with van der Waals surface area (Å²) in [6.07, 6.45) is 3.29. The molecule has 0 fully saturated rings. The van der Waals surface area contributed by atoms with Crippen LogP contribution in [0.25, 0.3) is 6.08 Å². The quantitative estimate of drug-likeness (QED) is 0.349. The Balaban J connectivity index is 2.15. The summed E-state index contributed by atoms with van der Waals surface area (Å²) in [6.45, 7) is 10.4. The minimum absolute atomic E-state index is 0.0943. The second-order valence-electron chi connectivity index (χ2n) is 5.59. The van der Waals surface area contributed by atoms with Gasteiger partial charge in [-0.3, -0.25) is 4.79 Å². The van der Waals surface area contributed by atoms with Gasteiger partial charge in [0.05, 0.1) is 19.0 Å². The van der Waals surface area contributed by atoms with Gasteiger partial charge in [0.15, 0.2) is 5.78 Å². The van der Waals surface area contributed by atoms with E-state index in [0.29, 0.717) is 36.0 Å². The van der Waals surface area contributed by atoms with Gasteiger partial charge in [0.25, 0.3) is 0 Å². The highest BCUT2D eigenvalue weighted by molar-refractivity contribution is 6.07. The number of benzene rings is 2. The molecule has 0 bridgehead atoms. The Morgan fingerprint density at radius 1 is 1.00 bits per heavy atom. The van der Waals surface area contributed by atoms with Crippen molar-refractivity contribution >= 4 is 11.9 Å². The van der Waals surface area contributed by atoms with Crippen LogP contribution in [0.4, 0.5) is 0 Å². The van der Waals surface area contributed by atoms with Gasteiger partial charge in [0.2, 0.25) is 0 Å². The fourth-order valence-corrected chi connectivity index (χ4v) is 2.34. The van der Waals surface area contributed by atoms with E-state index in [1.807, 2.05) is 32.0 Å². The molecule has 0 heterocycles. The van der Waals surface area contributed by atoms with Crippen molar-refractivity contribution in [3.05, 3.63) is 72.0 Å². The van der Waals surface area contributed by atoms with Gasteiger partial charge < -0.3 is 14.2 Å². The van der Waals surface area contributed by atoms with Crippen LogP contribution in [-0.4, -0.2) is 19.0 Å². The summed E-state index contributed by atoms with van der Waals surface area (Å²) in [5.74, 6) is 2.59. The monoisotopic (exact) mass is 352 g/mol. The minimum Gasteiger partial charge on any atom is -0.494 e. The average molecular weight is 352 g/mol. The molecule has 2 aromatic rings. The van der Waals surface area contributed by atoms with Gasteiger partial charge in [0.1, 0.15) is 17.2 Å². The molecule has 0 saturated heterocycles. The first-order valence-electron chi connectivity index (χ1n) is 8.59. The summed E-state index contributed by atoms with van der Waals surface area (Å²) in [5.41, 5.74) is 1.41. The zero-order valence-corrected chi connectivity index (χ0v) is 15.5. The first kappa shape index (κ1) is 19.3. The molecule has 2 aromatic carbocycles. The Morgan fingerprint density at radius 3 is 2.27 bits per heavy atom. The van der Waals surface area contributed by atoms with Gasteiger partial charge in [-0.1, -0.05) is 6.58 Å². The van der Waals surface area contributed by atoms with Gasteiger partial charge in [-0.25, -0.2) is 0 Å². The standard InChI is InChI=1S/C22H24O4/c1-5-24-20-13-9-18(22(15-20)25-6-2)10-14-21(23)17-7-11-19(12-8-17)26-16(3)4/h7-15H,3,5-6H2,1-2,4H3/b14-10+. The van der Waals surface area contributed by atoms with Crippen LogP contribution < -0.4 is 14.2 Å². The molecule has 4 heteroatoms. The van der Waals surface area contributed by atoms with E-state index in [1.54, 1.807) is 37.3 Å². The van der Waals surface area contributed by atoms with E-state index in [0.717, 1.165) is 11.3 Å². The van der Waals surface area contributed by atoms with Crippen LogP contribution in [0.3, 0.4) is 0 Å². The third-order valence-corrected chi connectivity index (χ3v) is 3.44. The molecular weight excluding hydrogens is 328 g/mol. The van der Waals surface area contributed by atoms with Crippen LogP contribution in [-0.2, 0) is 0 Å². The highest BCUT2D eigenvalue weighted by Gasteiger charge is 2.06. The molecule has 4 nitrogen and oxygen atoms in total. The van der Waals surface area contributed by atoms with Gasteiger partial charge in [-0.15, -0.1) is 0 Å². The van der Waals surface area contributed by atoms with Crippen LogP contribution in [0, 0.1) is 0 Å². The van der Waals surface area contributed by atoms with Crippen LogP contribution in [0.2, 0.25) is 0 Å². The van der Waals surface area contributed by atoms with Crippen molar-refractivity contribution in [2.45, 2.75) is 20.8 Å². The Morgan fingerprint density at radius 2 is 1.65 bits per heavy atom. The highest BCUT2D eigenvalue weighted by atomic mass is 16.5. The molecule has 136 valence electrons. The fraction of sp³-hybridized carbons (Fsp3) is 0.227. The summed E-state index contributed by atoms with van der Waals surface area (Å²) in [6, 6.07) is 12.5. The first-order chi connectivity index (χ1) is 12.5. The Bertz CT molecular complexity index is 788. The Kier molecular flexibility index (Phi) is 7.03. The van der Waals surface area contributed by atoms with E-state index in [4.69, 9.17) is 14.2 Å². The zero-order chi connectivity index (χ0) is 18.9. The molecule has 0 saturated carbocycles. The lowest BCUT2D eigenvalue weighted by molar-refractivity contribution is 0.104. The van der Waals surface area contributed by atoms with Crippen molar-refractivity contribution in [3.63, 3.8) is 0 Å². The molecule has 0 radical (unpaired) electrons. The summed E-state index contributed by atoms with van der Waals surface area (Å²) in [4.78, 5) is 12.4. The smallest absolute Gasteiger partial charge is 0.185 e. The predicted octanol–water partition coefficient (Wildman–Crippen LogP) is 5.29. The molecule has 0 atom stereocenters. The molecule has 26 heavy (non-hydrogen) atoms. The fourth-order valence-electron chi connectivity index (χ4n) is 2.34. The summed E-state index contributed by atoms with van der Waals surface area (Å²) < 4.78 is 16.5. The van der Waals surface area contributed by atoms with E-state index in [2.05, 4.69) is 6.58 Å². The Labute approximate surface area is 154 Å². The van der Waals surface area contributed by atoms with Crippen molar-refractivity contribution in [3.8, 4) is 17.2 Å². The second kappa shape index (κ2) is 9.47. The van der Waals surface area contributed by atoms with E-state index in [-0.39, 0.29) is 5.78 Å². The van der Waals surface area contributed by atoms with E-state index in [9.17, 15) is 4.79 Å². The van der Waals surface area contributed by atoms with E-state index >= 15 is 0 Å². The first-order valence-corrected chi connectivity index (χ1v) is 8.59. The summed E-state index contributed by atoms with van der Waals surface area (Å²) in [7, 11) is 0. The minimum atomic E-state index is -0.0943. The molecule has 0 amide bonds. The van der Waals surface area contributed by atoms with E-state index in [1.165, 1.54) is 6.08 Å². The number of hydrogen-bond acceptors (Lipinski definition) is 4. The Hall–Kier alpha value is -3.01. The molecule has 0 aliphatic rings. The second-order valence-corrected chi connectivity index (χ2v) is 5.59. The number of hydrogen-bond donors (Lipinski definition) is 0. The maximum Gasteiger partial charge on any atom is 0.185 e. The normalized spacial score (nSPS) is 10.6. The molecule has 0 aliphatic heterocycles. The number of ketones is 1. The number of carbonyl (C=O) groups is 1. The largest absolute Gasteiger partial charge is 0.494 e. The van der Waals surface area contributed by atoms with Gasteiger partial charge >= 0.3 is 0 Å². The van der Waals surface area contributed by atoms with Gasteiger partial charge in [0, 0.05) is 17.2 Å². The average Bonchev–Trinajstić information content (AvgIpc) is 2.61. The molecule has 0 N–H and O–H groups in total. The molecule has 0 spiro atoms. The third kappa shape index (κ3) is 5.52. The summed E-state index contributed by atoms with van der Waals surface area (Å²) in [5, 5.41) is 0. The van der Waals surface area contributed by atoms with Crippen LogP contribution >= 0.6 is 0 Å². The summed E-state index contributed by atoms with van der Waals surface area (Å²) >= 11 is 0. The predicted molar refractivity (Wildman–Crippen MR) is 104 cm³/mol. The lowest BCUT2D eigenvalue weighted by Crippen LogP contribution is -1.98. The molecule has 2 rings (SSSR count). The number of ether oxygens (including phenoxy) is 3. The van der Waals surface area contributed by atoms with Gasteiger partial charge in [-0.2, -0.15) is 0 Å². The number of rotatable bonds is 9. The highest BCUT2D eigenvalue weighted by Crippen LogP contribution is 2.26. The molecule has 0 aliphatic carbocycles. The van der Waals surface area contributed by atoms with Crippen LogP contribution in [0.15, 0.2) is 60.9 Å². The molecule has 0 unspecified atom stereocenters. The number of carbonyl (C=O) groups excluding carboxylic acids is 1. The number of allylic oxidation sites excluding steroid dienone is 2. The zero-order valence-electron chi connectivity index (χ0n) is 15.5. The molecular formula is C22H24O4. The topological polar surface area (TPSA) is 44.8 Å². The van der Waals surface area contributed by atoms with Crippen molar-refractivity contribution in [2.75, 3.05) is 13.2 Å².